The van der Waals surface area contributed by atoms with Gasteiger partial charge in [-0.05, 0) is 60.6 Å². The number of hydrogen-bond acceptors (Lipinski definition) is 6. The molecule has 2 aliphatic rings. The number of primary amides is 1. The smallest absolute Gasteiger partial charge is 0.267 e. The molecule has 0 bridgehead atoms. The standard InChI is InChI=1S/C29H30F2N8O/c1-38-17-35-37-27(38)28(13-18(14-28)6-9-32)20-3-2-4-22(12-20)39-10-7-23-25(39)19(11-24(36-23)26(33)40)16-34-21-5-8-29(30,31)15-21/h2-4,7,10-12,17-18,21,34H,5-6,8,13-16H2,1H3,(H2,33,40)/t18?,21-,28?/m1/s1. The lowest BCUT2D eigenvalue weighted by Gasteiger charge is -2.46. The molecule has 1 amide bonds. The molecule has 2 aliphatic carbocycles. The number of carbonyl (C=O) groups excluding carboxylic acids is 1. The van der Waals surface area contributed by atoms with Crippen LogP contribution in [0.5, 0.6) is 0 Å². The van der Waals surface area contributed by atoms with Gasteiger partial charge in [0.2, 0.25) is 5.92 Å². The zero-order chi connectivity index (χ0) is 28.1. The van der Waals surface area contributed by atoms with E-state index < -0.39 is 11.8 Å². The van der Waals surface area contributed by atoms with Gasteiger partial charge in [0.05, 0.1) is 22.5 Å². The third-order valence-corrected chi connectivity index (χ3v) is 8.43. The highest BCUT2D eigenvalue weighted by molar-refractivity contribution is 5.94. The molecule has 3 heterocycles. The van der Waals surface area contributed by atoms with E-state index in [-0.39, 0.29) is 35.9 Å². The summed E-state index contributed by atoms with van der Waals surface area (Å²) < 4.78 is 31.5. The molecule has 4 aromatic rings. The van der Waals surface area contributed by atoms with Gasteiger partial charge in [-0.1, -0.05) is 12.1 Å². The molecule has 0 spiro atoms. The van der Waals surface area contributed by atoms with Crippen LogP contribution in [0.1, 0.15) is 66.0 Å². The van der Waals surface area contributed by atoms with Crippen LogP contribution in [0, 0.1) is 17.2 Å². The number of nitrogens with zero attached hydrogens (tertiary/aromatic N) is 6. The zero-order valence-electron chi connectivity index (χ0n) is 22.1. The molecule has 0 unspecified atom stereocenters. The number of nitriles is 1. The summed E-state index contributed by atoms with van der Waals surface area (Å²) in [6, 6.07) is 13.6. The fourth-order valence-electron chi connectivity index (χ4n) is 6.50. The van der Waals surface area contributed by atoms with Crippen LogP contribution in [0.4, 0.5) is 8.78 Å². The average Bonchev–Trinajstić information content (AvgIpc) is 3.62. The first-order valence-electron chi connectivity index (χ1n) is 13.4. The van der Waals surface area contributed by atoms with Crippen molar-refractivity contribution < 1.29 is 13.6 Å². The lowest BCUT2D eigenvalue weighted by Crippen LogP contribution is -2.44. The summed E-state index contributed by atoms with van der Waals surface area (Å²) in [4.78, 5) is 16.5. The Morgan fingerprint density at radius 2 is 2.08 bits per heavy atom. The summed E-state index contributed by atoms with van der Waals surface area (Å²) >= 11 is 0. The Morgan fingerprint density at radius 1 is 1.25 bits per heavy atom. The summed E-state index contributed by atoms with van der Waals surface area (Å²) in [6.45, 7) is 0.294. The van der Waals surface area contributed by atoms with Crippen molar-refractivity contribution in [2.75, 3.05) is 0 Å². The van der Waals surface area contributed by atoms with Crippen molar-refractivity contribution in [2.24, 2.45) is 18.7 Å². The number of nitrogens with one attached hydrogen (secondary N) is 1. The number of fused-ring (bicyclic) bond motifs is 1. The third-order valence-electron chi connectivity index (χ3n) is 8.43. The molecule has 9 nitrogen and oxygen atoms in total. The van der Waals surface area contributed by atoms with Gasteiger partial charge in [0.25, 0.3) is 5.91 Å². The number of alkyl halides is 2. The van der Waals surface area contributed by atoms with Gasteiger partial charge in [0, 0.05) is 50.8 Å². The predicted molar refractivity (Wildman–Crippen MR) is 144 cm³/mol. The van der Waals surface area contributed by atoms with Gasteiger partial charge < -0.3 is 20.2 Å². The number of benzene rings is 1. The van der Waals surface area contributed by atoms with Crippen molar-refractivity contribution in [3.63, 3.8) is 0 Å². The van der Waals surface area contributed by atoms with E-state index in [0.29, 0.717) is 24.9 Å². The molecule has 0 radical (unpaired) electrons. The van der Waals surface area contributed by atoms with Crippen LogP contribution in [0.25, 0.3) is 16.7 Å². The molecule has 40 heavy (non-hydrogen) atoms. The first-order valence-corrected chi connectivity index (χ1v) is 13.4. The molecule has 206 valence electrons. The molecule has 3 aromatic heterocycles. The van der Waals surface area contributed by atoms with E-state index in [1.54, 1.807) is 12.4 Å². The second kappa shape index (κ2) is 9.78. The summed E-state index contributed by atoms with van der Waals surface area (Å²) in [7, 11) is 1.93. The largest absolute Gasteiger partial charge is 0.364 e. The molecular weight excluding hydrogens is 514 g/mol. The van der Waals surface area contributed by atoms with Crippen LogP contribution >= 0.6 is 0 Å². The molecule has 1 aromatic carbocycles. The highest BCUT2D eigenvalue weighted by Crippen LogP contribution is 2.53. The molecule has 3 N–H and O–H groups in total. The number of nitrogens with two attached hydrogens (primary N) is 1. The van der Waals surface area contributed by atoms with Gasteiger partial charge in [0.15, 0.2) is 0 Å². The molecule has 11 heteroatoms. The molecule has 2 fully saturated rings. The zero-order valence-corrected chi connectivity index (χ0v) is 22.1. The Labute approximate surface area is 230 Å². The van der Waals surface area contributed by atoms with Gasteiger partial charge in [-0.15, -0.1) is 10.2 Å². The Morgan fingerprint density at radius 3 is 2.75 bits per heavy atom. The first kappa shape index (κ1) is 26.1. The molecule has 2 saturated carbocycles. The number of hydrogen-bond donors (Lipinski definition) is 2. The number of aryl methyl sites for hydroxylation is 1. The van der Waals surface area contributed by atoms with E-state index in [1.165, 1.54) is 0 Å². The number of aromatic nitrogens is 5. The monoisotopic (exact) mass is 544 g/mol. The van der Waals surface area contributed by atoms with E-state index in [9.17, 15) is 18.8 Å². The maximum Gasteiger partial charge on any atom is 0.267 e. The summed E-state index contributed by atoms with van der Waals surface area (Å²) in [5.74, 6) is -2.15. The highest BCUT2D eigenvalue weighted by atomic mass is 19.3. The van der Waals surface area contributed by atoms with Crippen LogP contribution in [0.3, 0.4) is 0 Å². The van der Waals surface area contributed by atoms with Crippen molar-refractivity contribution in [1.82, 2.24) is 29.6 Å². The number of pyridine rings is 1. The summed E-state index contributed by atoms with van der Waals surface area (Å²) in [6.07, 6.45) is 5.74. The topological polar surface area (TPSA) is 127 Å². The van der Waals surface area contributed by atoms with E-state index in [2.05, 4.69) is 38.7 Å². The Kier molecular flexibility index (Phi) is 6.38. The fourth-order valence-corrected chi connectivity index (χ4v) is 6.50. The second-order valence-electron chi connectivity index (χ2n) is 11.2. The van der Waals surface area contributed by atoms with E-state index in [0.717, 1.165) is 41.0 Å². The van der Waals surface area contributed by atoms with Crippen LogP contribution in [0.15, 0.2) is 48.9 Å². The van der Waals surface area contributed by atoms with Crippen molar-refractivity contribution >= 4 is 16.9 Å². The molecule has 0 saturated heterocycles. The highest BCUT2D eigenvalue weighted by Gasteiger charge is 2.49. The van der Waals surface area contributed by atoms with E-state index in [1.807, 2.05) is 40.6 Å². The number of rotatable bonds is 8. The Hall–Kier alpha value is -4.17. The second-order valence-corrected chi connectivity index (χ2v) is 11.2. The number of carbonyl (C=O) groups is 1. The summed E-state index contributed by atoms with van der Waals surface area (Å²) in [5.41, 5.74) is 9.43. The lowest BCUT2D eigenvalue weighted by atomic mass is 9.57. The molecule has 6 rings (SSSR count). The van der Waals surface area contributed by atoms with Gasteiger partial charge >= 0.3 is 0 Å². The molecular formula is C29H30F2N8O. The number of halogens is 2. The minimum absolute atomic E-state index is 0.130. The fraction of sp³-hybridized carbons (Fsp3) is 0.414. The van der Waals surface area contributed by atoms with Crippen LogP contribution < -0.4 is 11.1 Å². The van der Waals surface area contributed by atoms with Crippen LogP contribution in [0.2, 0.25) is 0 Å². The predicted octanol–water partition coefficient (Wildman–Crippen LogP) is 4.14. The normalized spacial score (nSPS) is 23.6. The van der Waals surface area contributed by atoms with Gasteiger partial charge in [-0.2, -0.15) is 5.26 Å². The van der Waals surface area contributed by atoms with Crippen LogP contribution in [-0.4, -0.2) is 42.2 Å². The number of amides is 1. The van der Waals surface area contributed by atoms with E-state index >= 15 is 0 Å². The quantitative estimate of drug-likeness (QED) is 0.343. The Bertz CT molecular complexity index is 1630. The minimum atomic E-state index is -2.66. The van der Waals surface area contributed by atoms with Crippen LogP contribution in [-0.2, 0) is 19.0 Å². The van der Waals surface area contributed by atoms with Crippen molar-refractivity contribution in [3.8, 4) is 11.8 Å². The first-order chi connectivity index (χ1) is 19.2. The lowest BCUT2D eigenvalue weighted by molar-refractivity contribution is 0.00687. The van der Waals surface area contributed by atoms with Gasteiger partial charge in [-0.3, -0.25) is 4.79 Å². The van der Waals surface area contributed by atoms with E-state index in [4.69, 9.17) is 5.73 Å². The maximum absolute atomic E-state index is 13.8. The average molecular weight is 545 g/mol. The Balaban J connectivity index is 1.40. The van der Waals surface area contributed by atoms with Gasteiger partial charge in [-0.25, -0.2) is 13.8 Å². The van der Waals surface area contributed by atoms with Crippen molar-refractivity contribution in [1.29, 1.82) is 5.26 Å². The SMILES string of the molecule is Cn1cnnc1C1(c2cccc(-n3ccc4nc(C(N)=O)cc(CN[C@@H]5CCC(F)(F)C5)c43)c2)CC(CC#N)C1. The minimum Gasteiger partial charge on any atom is -0.364 e. The third kappa shape index (κ3) is 4.52. The molecule has 1 atom stereocenters. The van der Waals surface area contributed by atoms with Crippen molar-refractivity contribution in [2.45, 2.75) is 62.4 Å². The van der Waals surface area contributed by atoms with Crippen molar-refractivity contribution in [3.05, 3.63) is 71.6 Å². The van der Waals surface area contributed by atoms with Gasteiger partial charge in [0.1, 0.15) is 17.8 Å². The summed E-state index contributed by atoms with van der Waals surface area (Å²) in [5, 5.41) is 21.1. The molecule has 0 aliphatic heterocycles. The maximum atomic E-state index is 13.8.